The minimum atomic E-state index is 0.202. The lowest BCUT2D eigenvalue weighted by Crippen LogP contribution is -2.32. The van der Waals surface area contributed by atoms with Crippen molar-refractivity contribution in [1.29, 1.82) is 0 Å². The van der Waals surface area contributed by atoms with Crippen LogP contribution < -0.4 is 5.32 Å². The second-order valence-corrected chi connectivity index (χ2v) is 4.24. The molecule has 0 heterocycles. The smallest absolute Gasteiger partial charge is 0.223 e. The molecule has 0 saturated heterocycles. The van der Waals surface area contributed by atoms with Crippen molar-refractivity contribution in [3.8, 4) is 0 Å². The highest BCUT2D eigenvalue weighted by Gasteiger charge is 2.07. The van der Waals surface area contributed by atoms with E-state index in [1.807, 2.05) is 0 Å². The first-order valence-electron chi connectivity index (χ1n) is 6.05. The van der Waals surface area contributed by atoms with Crippen molar-refractivity contribution in [3.05, 3.63) is 0 Å². The first-order chi connectivity index (χ1) is 7.11. The van der Waals surface area contributed by atoms with Crippen molar-refractivity contribution in [1.82, 2.24) is 10.2 Å². The fourth-order valence-electron chi connectivity index (χ4n) is 1.51. The van der Waals surface area contributed by atoms with Gasteiger partial charge >= 0.3 is 0 Å². The number of amides is 1. The van der Waals surface area contributed by atoms with Crippen molar-refractivity contribution < 1.29 is 4.79 Å². The fraction of sp³-hybridized carbons (Fsp3) is 0.917. The van der Waals surface area contributed by atoms with E-state index < -0.39 is 0 Å². The van der Waals surface area contributed by atoms with E-state index in [4.69, 9.17) is 0 Å². The maximum absolute atomic E-state index is 11.3. The summed E-state index contributed by atoms with van der Waals surface area (Å²) in [6, 6.07) is 0.583. The molecular formula is C12H26N2O. The molecule has 0 rings (SSSR count). The molecule has 1 unspecified atom stereocenters. The van der Waals surface area contributed by atoms with Gasteiger partial charge in [-0.1, -0.05) is 26.7 Å². The quantitative estimate of drug-likeness (QED) is 0.670. The van der Waals surface area contributed by atoms with Crippen LogP contribution in [0, 0.1) is 0 Å². The van der Waals surface area contributed by atoms with Gasteiger partial charge in [0.25, 0.3) is 0 Å². The Hall–Kier alpha value is -0.570. The van der Waals surface area contributed by atoms with Gasteiger partial charge in [-0.3, -0.25) is 4.79 Å². The molecule has 0 aromatic carbocycles. The minimum Gasteiger partial charge on any atom is -0.349 e. The average molecular weight is 214 g/mol. The Kier molecular flexibility index (Phi) is 8.38. The summed E-state index contributed by atoms with van der Waals surface area (Å²) in [7, 11) is 3.60. The zero-order chi connectivity index (χ0) is 11.7. The van der Waals surface area contributed by atoms with Gasteiger partial charge in [0.15, 0.2) is 0 Å². The first kappa shape index (κ1) is 14.4. The maximum Gasteiger partial charge on any atom is 0.223 e. The molecule has 90 valence electrons. The van der Waals surface area contributed by atoms with E-state index in [2.05, 4.69) is 19.2 Å². The van der Waals surface area contributed by atoms with Gasteiger partial charge in [0.05, 0.1) is 0 Å². The number of nitrogens with one attached hydrogen (secondary N) is 1. The van der Waals surface area contributed by atoms with Gasteiger partial charge < -0.3 is 10.2 Å². The van der Waals surface area contributed by atoms with Gasteiger partial charge in [0.1, 0.15) is 0 Å². The Morgan fingerprint density at radius 2 is 2.00 bits per heavy atom. The fourth-order valence-corrected chi connectivity index (χ4v) is 1.51. The lowest BCUT2D eigenvalue weighted by atomic mass is 10.1. The van der Waals surface area contributed by atoms with Crippen LogP contribution in [0.3, 0.4) is 0 Å². The average Bonchev–Trinajstić information content (AvgIpc) is 2.22. The van der Waals surface area contributed by atoms with Crippen molar-refractivity contribution in [3.63, 3.8) is 0 Å². The van der Waals surface area contributed by atoms with E-state index in [0.29, 0.717) is 12.5 Å². The molecule has 0 aromatic rings. The van der Waals surface area contributed by atoms with E-state index in [9.17, 15) is 4.79 Å². The third-order valence-electron chi connectivity index (χ3n) is 2.67. The van der Waals surface area contributed by atoms with Gasteiger partial charge in [-0.15, -0.1) is 0 Å². The molecule has 3 heteroatoms. The summed E-state index contributed by atoms with van der Waals surface area (Å²) in [6.07, 6.45) is 5.50. The summed E-state index contributed by atoms with van der Waals surface area (Å²) in [4.78, 5) is 13.0. The molecule has 0 fully saturated rings. The van der Waals surface area contributed by atoms with Crippen LogP contribution in [-0.4, -0.2) is 37.5 Å². The van der Waals surface area contributed by atoms with E-state index in [1.54, 1.807) is 19.0 Å². The molecule has 1 amide bonds. The Bertz CT molecular complexity index is 169. The third-order valence-corrected chi connectivity index (χ3v) is 2.67. The van der Waals surface area contributed by atoms with E-state index >= 15 is 0 Å². The van der Waals surface area contributed by atoms with Gasteiger partial charge in [-0.05, 0) is 12.8 Å². The van der Waals surface area contributed by atoms with Crippen LogP contribution >= 0.6 is 0 Å². The largest absolute Gasteiger partial charge is 0.349 e. The van der Waals surface area contributed by atoms with Crippen LogP contribution in [-0.2, 0) is 4.79 Å². The van der Waals surface area contributed by atoms with E-state index in [-0.39, 0.29) is 5.91 Å². The van der Waals surface area contributed by atoms with Crippen LogP contribution in [0.1, 0.15) is 46.0 Å². The number of nitrogens with zero attached hydrogens (tertiary/aromatic N) is 1. The number of unbranched alkanes of at least 4 members (excludes halogenated alkanes) is 1. The lowest BCUT2D eigenvalue weighted by molar-refractivity contribution is -0.128. The molecule has 0 aliphatic heterocycles. The summed E-state index contributed by atoms with van der Waals surface area (Å²) in [6.45, 7) is 5.21. The predicted octanol–water partition coefficient (Wildman–Crippen LogP) is 2.02. The predicted molar refractivity (Wildman–Crippen MR) is 64.9 cm³/mol. The standard InChI is InChI=1S/C12H26N2O/c1-5-7-8-11(6-2)13-10-9-12(15)14(3)4/h11,13H,5-10H2,1-4H3. The molecule has 0 radical (unpaired) electrons. The highest BCUT2D eigenvalue weighted by Crippen LogP contribution is 2.03. The van der Waals surface area contributed by atoms with Crippen molar-refractivity contribution in [2.24, 2.45) is 0 Å². The summed E-state index contributed by atoms with van der Waals surface area (Å²) >= 11 is 0. The molecule has 0 saturated carbocycles. The lowest BCUT2D eigenvalue weighted by Gasteiger charge is -2.17. The molecule has 0 aliphatic carbocycles. The third kappa shape index (κ3) is 7.37. The van der Waals surface area contributed by atoms with E-state index in [1.165, 1.54) is 19.3 Å². The Morgan fingerprint density at radius 3 is 2.47 bits per heavy atom. The van der Waals surface area contributed by atoms with Gasteiger partial charge in [-0.25, -0.2) is 0 Å². The second-order valence-electron chi connectivity index (χ2n) is 4.24. The molecular weight excluding hydrogens is 188 g/mol. The van der Waals surface area contributed by atoms with Gasteiger partial charge in [0.2, 0.25) is 5.91 Å². The maximum atomic E-state index is 11.3. The number of rotatable bonds is 8. The highest BCUT2D eigenvalue weighted by atomic mass is 16.2. The van der Waals surface area contributed by atoms with Gasteiger partial charge in [0, 0.05) is 33.1 Å². The highest BCUT2D eigenvalue weighted by molar-refractivity contribution is 5.75. The topological polar surface area (TPSA) is 32.3 Å². The minimum absolute atomic E-state index is 0.202. The SMILES string of the molecule is CCCCC(CC)NCCC(=O)N(C)C. The van der Waals surface area contributed by atoms with Crippen molar-refractivity contribution in [2.45, 2.75) is 52.0 Å². The monoisotopic (exact) mass is 214 g/mol. The second kappa shape index (κ2) is 8.72. The summed E-state index contributed by atoms with van der Waals surface area (Å²) in [5.74, 6) is 0.202. The molecule has 1 N–H and O–H groups in total. The first-order valence-corrected chi connectivity index (χ1v) is 6.05. The zero-order valence-electron chi connectivity index (χ0n) is 10.7. The van der Waals surface area contributed by atoms with Crippen LogP contribution in [0.15, 0.2) is 0 Å². The Morgan fingerprint density at radius 1 is 1.33 bits per heavy atom. The molecule has 3 nitrogen and oxygen atoms in total. The molecule has 0 bridgehead atoms. The summed E-state index contributed by atoms with van der Waals surface area (Å²) < 4.78 is 0. The Balaban J connectivity index is 3.58. The number of carbonyl (C=O) groups is 1. The molecule has 0 aromatic heterocycles. The molecule has 0 aliphatic rings. The normalized spacial score (nSPS) is 12.5. The number of hydrogen-bond donors (Lipinski definition) is 1. The van der Waals surface area contributed by atoms with Crippen LogP contribution in [0.2, 0.25) is 0 Å². The van der Waals surface area contributed by atoms with E-state index in [0.717, 1.165) is 13.0 Å². The zero-order valence-corrected chi connectivity index (χ0v) is 10.7. The van der Waals surface area contributed by atoms with Crippen LogP contribution in [0.4, 0.5) is 0 Å². The van der Waals surface area contributed by atoms with Crippen molar-refractivity contribution >= 4 is 5.91 Å². The molecule has 0 spiro atoms. The summed E-state index contributed by atoms with van der Waals surface area (Å²) in [5.41, 5.74) is 0. The van der Waals surface area contributed by atoms with Crippen LogP contribution in [0.25, 0.3) is 0 Å². The molecule has 1 atom stereocenters. The number of carbonyl (C=O) groups excluding carboxylic acids is 1. The molecule has 15 heavy (non-hydrogen) atoms. The van der Waals surface area contributed by atoms with Gasteiger partial charge in [-0.2, -0.15) is 0 Å². The number of hydrogen-bond acceptors (Lipinski definition) is 2. The van der Waals surface area contributed by atoms with Crippen molar-refractivity contribution in [2.75, 3.05) is 20.6 Å². The van der Waals surface area contributed by atoms with Crippen LogP contribution in [0.5, 0.6) is 0 Å². The summed E-state index contributed by atoms with van der Waals surface area (Å²) in [5, 5.41) is 3.44. The Labute approximate surface area is 94.2 Å².